The molecule has 4 aromatic rings. The van der Waals surface area contributed by atoms with Crippen LogP contribution in [0.15, 0.2) is 70.1 Å². The largest absolute Gasteiger partial charge is 0.339 e. The minimum atomic E-state index is -0.103. The van der Waals surface area contributed by atoms with Gasteiger partial charge >= 0.3 is 0 Å². The quantitative estimate of drug-likeness (QED) is 0.439. The Morgan fingerprint density at radius 1 is 1.11 bits per heavy atom. The summed E-state index contributed by atoms with van der Waals surface area (Å²) >= 11 is 7.12. The predicted octanol–water partition coefficient (Wildman–Crippen LogP) is 4.42. The van der Waals surface area contributed by atoms with Gasteiger partial charge in [0.15, 0.2) is 5.78 Å². The van der Waals surface area contributed by atoms with E-state index in [4.69, 9.17) is 16.1 Å². The summed E-state index contributed by atoms with van der Waals surface area (Å²) in [6.45, 7) is 0. The molecule has 0 atom stereocenters. The number of carbonyl (C=O) groups excluding carboxylic acids is 1. The molecule has 0 spiro atoms. The molecule has 0 N–H and O–H groups in total. The van der Waals surface area contributed by atoms with Crippen molar-refractivity contribution in [2.24, 2.45) is 0 Å². The Hall–Kier alpha value is -3.03. The van der Waals surface area contributed by atoms with Gasteiger partial charge in [0.2, 0.25) is 11.7 Å². The van der Waals surface area contributed by atoms with Crippen LogP contribution in [0.1, 0.15) is 22.0 Å². The van der Waals surface area contributed by atoms with Gasteiger partial charge in [0.25, 0.3) is 5.56 Å². The molecule has 28 heavy (non-hydrogen) atoms. The van der Waals surface area contributed by atoms with Crippen molar-refractivity contribution in [3.8, 4) is 17.1 Å². The van der Waals surface area contributed by atoms with Gasteiger partial charge < -0.3 is 4.52 Å². The summed E-state index contributed by atoms with van der Waals surface area (Å²) < 4.78 is 7.39. The van der Waals surface area contributed by atoms with Crippen molar-refractivity contribution in [1.29, 1.82) is 0 Å². The maximum atomic E-state index is 12.1. The number of aryl methyl sites for hydroxylation is 1. The van der Waals surface area contributed by atoms with Crippen LogP contribution in [0, 0.1) is 0 Å². The molecule has 0 fully saturated rings. The number of benzene rings is 1. The number of rotatable bonds is 6. The minimum Gasteiger partial charge on any atom is -0.339 e. The predicted molar refractivity (Wildman–Crippen MR) is 107 cm³/mol. The van der Waals surface area contributed by atoms with E-state index in [0.717, 1.165) is 11.3 Å². The highest BCUT2D eigenvalue weighted by Gasteiger charge is 2.13. The van der Waals surface area contributed by atoms with Crippen molar-refractivity contribution in [2.75, 3.05) is 0 Å². The number of halogens is 1. The van der Waals surface area contributed by atoms with Gasteiger partial charge in [-0.2, -0.15) is 4.98 Å². The molecule has 140 valence electrons. The first-order chi connectivity index (χ1) is 13.6. The first-order valence-electron chi connectivity index (χ1n) is 8.50. The minimum absolute atomic E-state index is 0.00527. The number of pyridine rings is 1. The average Bonchev–Trinajstić information content (AvgIpc) is 3.36. The summed E-state index contributed by atoms with van der Waals surface area (Å²) in [7, 11) is 0. The van der Waals surface area contributed by atoms with Gasteiger partial charge in [-0.3, -0.25) is 14.2 Å². The number of hydrogen-bond acceptors (Lipinski definition) is 6. The van der Waals surface area contributed by atoms with E-state index in [0.29, 0.717) is 27.3 Å². The second-order valence-corrected chi connectivity index (χ2v) is 7.71. The molecular formula is C20H14ClN3O3S. The topological polar surface area (TPSA) is 78.0 Å². The van der Waals surface area contributed by atoms with Crippen LogP contribution in [-0.2, 0) is 6.42 Å². The van der Waals surface area contributed by atoms with E-state index in [1.54, 1.807) is 35.0 Å². The molecule has 4 rings (SSSR count). The Bertz CT molecular complexity index is 1180. The first-order valence-corrected chi connectivity index (χ1v) is 9.69. The highest BCUT2D eigenvalue weighted by molar-refractivity contribution is 7.18. The fourth-order valence-electron chi connectivity index (χ4n) is 2.69. The fraction of sp³-hybridized carbons (Fsp3) is 0.100. The molecule has 0 aliphatic carbocycles. The molecule has 3 heterocycles. The van der Waals surface area contributed by atoms with E-state index in [-0.39, 0.29) is 17.8 Å². The van der Waals surface area contributed by atoms with E-state index in [9.17, 15) is 9.59 Å². The van der Waals surface area contributed by atoms with Crippen LogP contribution in [0.4, 0.5) is 0 Å². The van der Waals surface area contributed by atoms with Gasteiger partial charge in [0, 0.05) is 36.4 Å². The Balaban J connectivity index is 1.45. The van der Waals surface area contributed by atoms with Crippen molar-refractivity contribution in [3.63, 3.8) is 0 Å². The third-order valence-corrected chi connectivity index (χ3v) is 5.38. The third kappa shape index (κ3) is 3.95. The lowest BCUT2D eigenvalue weighted by molar-refractivity contribution is 0.0983. The second kappa shape index (κ2) is 7.92. The second-order valence-electron chi connectivity index (χ2n) is 5.99. The van der Waals surface area contributed by atoms with Crippen LogP contribution in [0.2, 0.25) is 4.34 Å². The average molecular weight is 412 g/mol. The summed E-state index contributed by atoms with van der Waals surface area (Å²) in [4.78, 5) is 29.0. The van der Waals surface area contributed by atoms with Gasteiger partial charge in [0.05, 0.1) is 9.21 Å². The first kappa shape index (κ1) is 18.3. The van der Waals surface area contributed by atoms with Crippen molar-refractivity contribution in [3.05, 3.63) is 86.3 Å². The monoisotopic (exact) mass is 411 g/mol. The van der Waals surface area contributed by atoms with Gasteiger partial charge in [-0.05, 0) is 42.5 Å². The van der Waals surface area contributed by atoms with E-state index in [1.165, 1.54) is 17.4 Å². The summed E-state index contributed by atoms with van der Waals surface area (Å²) in [5.41, 5.74) is 1.41. The number of carbonyl (C=O) groups is 1. The number of nitrogens with zero attached hydrogens (tertiary/aromatic N) is 3. The van der Waals surface area contributed by atoms with E-state index >= 15 is 0 Å². The fourth-order valence-corrected chi connectivity index (χ4v) is 3.70. The Labute approximate surface area is 169 Å². The van der Waals surface area contributed by atoms with Gasteiger partial charge in [-0.15, -0.1) is 11.3 Å². The Kier molecular flexibility index (Phi) is 5.18. The molecule has 0 amide bonds. The zero-order chi connectivity index (χ0) is 19.5. The molecular weight excluding hydrogens is 398 g/mol. The molecule has 3 aromatic heterocycles. The van der Waals surface area contributed by atoms with E-state index in [1.807, 2.05) is 24.3 Å². The van der Waals surface area contributed by atoms with Crippen molar-refractivity contribution >= 4 is 28.7 Å². The van der Waals surface area contributed by atoms with Crippen LogP contribution in [0.3, 0.4) is 0 Å². The standard InChI is InChI=1S/C20H14ClN3O3S/c21-17-10-9-16(28-17)15(25)8-11-18-22-20(23-27-18)13-4-6-14(7-5-13)24-12-2-1-3-19(24)26/h1-7,9-10,12H,8,11H2. The summed E-state index contributed by atoms with van der Waals surface area (Å²) in [6.07, 6.45) is 2.34. The van der Waals surface area contributed by atoms with Gasteiger partial charge in [-0.25, -0.2) is 0 Å². The maximum Gasteiger partial charge on any atom is 0.255 e. The molecule has 0 saturated carbocycles. The van der Waals surface area contributed by atoms with Gasteiger partial charge in [0.1, 0.15) is 0 Å². The third-order valence-electron chi connectivity index (χ3n) is 4.11. The molecule has 0 bridgehead atoms. The highest BCUT2D eigenvalue weighted by atomic mass is 35.5. The number of hydrogen-bond donors (Lipinski definition) is 0. The van der Waals surface area contributed by atoms with Crippen LogP contribution >= 0.6 is 22.9 Å². The van der Waals surface area contributed by atoms with Crippen molar-refractivity contribution < 1.29 is 9.32 Å². The summed E-state index contributed by atoms with van der Waals surface area (Å²) in [6, 6.07) is 15.7. The normalized spacial score (nSPS) is 10.9. The number of ketones is 1. The molecule has 0 radical (unpaired) electrons. The highest BCUT2D eigenvalue weighted by Crippen LogP contribution is 2.23. The molecule has 1 aromatic carbocycles. The molecule has 0 saturated heterocycles. The molecule has 6 nitrogen and oxygen atoms in total. The number of aromatic nitrogens is 3. The van der Waals surface area contributed by atoms with E-state index in [2.05, 4.69) is 10.1 Å². The lowest BCUT2D eigenvalue weighted by atomic mass is 10.2. The molecule has 8 heteroatoms. The SMILES string of the molecule is O=C(CCc1nc(-c2ccc(-n3ccccc3=O)cc2)no1)c1ccc(Cl)s1. The van der Waals surface area contributed by atoms with Crippen LogP contribution < -0.4 is 5.56 Å². The lowest BCUT2D eigenvalue weighted by Crippen LogP contribution is -2.15. The van der Waals surface area contributed by atoms with Crippen LogP contribution in [0.5, 0.6) is 0 Å². The summed E-state index contributed by atoms with van der Waals surface area (Å²) in [5.74, 6) is 0.831. The smallest absolute Gasteiger partial charge is 0.255 e. The Morgan fingerprint density at radius 3 is 2.64 bits per heavy atom. The number of thiophene rings is 1. The molecule has 0 aliphatic heterocycles. The van der Waals surface area contributed by atoms with Crippen LogP contribution in [-0.4, -0.2) is 20.5 Å². The summed E-state index contributed by atoms with van der Waals surface area (Å²) in [5, 5.41) is 3.98. The molecule has 0 unspecified atom stereocenters. The zero-order valence-electron chi connectivity index (χ0n) is 14.5. The lowest BCUT2D eigenvalue weighted by Gasteiger charge is -2.04. The van der Waals surface area contributed by atoms with Crippen molar-refractivity contribution in [2.45, 2.75) is 12.8 Å². The molecule has 0 aliphatic rings. The Morgan fingerprint density at radius 2 is 1.93 bits per heavy atom. The zero-order valence-corrected chi connectivity index (χ0v) is 16.1. The number of Topliss-reactive ketones (excluding diaryl/α,β-unsaturated/α-hetero) is 1. The van der Waals surface area contributed by atoms with Crippen LogP contribution in [0.25, 0.3) is 17.1 Å². The van der Waals surface area contributed by atoms with Gasteiger partial charge in [-0.1, -0.05) is 22.8 Å². The maximum absolute atomic E-state index is 12.1. The van der Waals surface area contributed by atoms with E-state index < -0.39 is 0 Å². The van der Waals surface area contributed by atoms with Crippen molar-refractivity contribution in [1.82, 2.24) is 14.7 Å².